The van der Waals surface area contributed by atoms with E-state index in [2.05, 4.69) is 35.3 Å². The monoisotopic (exact) mass is 261 g/mol. The van der Waals surface area contributed by atoms with Gasteiger partial charge in [0.2, 0.25) is 5.91 Å². The van der Waals surface area contributed by atoms with Gasteiger partial charge in [-0.25, -0.2) is 0 Å². The van der Waals surface area contributed by atoms with E-state index < -0.39 is 0 Å². The topological polar surface area (TPSA) is 58.4 Å². The number of nitrogens with zero attached hydrogens (tertiary/aromatic N) is 1. The molecule has 0 atom stereocenters. The molecule has 0 unspecified atom stereocenters. The van der Waals surface area contributed by atoms with Crippen molar-refractivity contribution in [2.24, 2.45) is 11.7 Å². The van der Waals surface area contributed by atoms with Crippen LogP contribution >= 0.6 is 0 Å². The maximum Gasteiger partial charge on any atom is 0.222 e. The van der Waals surface area contributed by atoms with Gasteiger partial charge in [-0.1, -0.05) is 12.1 Å². The summed E-state index contributed by atoms with van der Waals surface area (Å²) < 4.78 is 0. The van der Waals surface area contributed by atoms with Crippen LogP contribution in [0.4, 0.5) is 5.69 Å². The van der Waals surface area contributed by atoms with Crippen LogP contribution in [0.25, 0.3) is 0 Å². The fourth-order valence-corrected chi connectivity index (χ4v) is 2.79. The van der Waals surface area contributed by atoms with Gasteiger partial charge >= 0.3 is 0 Å². The molecule has 1 aromatic carbocycles. The van der Waals surface area contributed by atoms with Gasteiger partial charge in [0.05, 0.1) is 0 Å². The number of rotatable bonds is 3. The van der Waals surface area contributed by atoms with Crippen molar-refractivity contribution in [3.8, 4) is 0 Å². The lowest BCUT2D eigenvalue weighted by Crippen LogP contribution is -2.39. The van der Waals surface area contributed by atoms with E-state index in [9.17, 15) is 4.79 Å². The van der Waals surface area contributed by atoms with E-state index in [0.29, 0.717) is 6.54 Å². The summed E-state index contributed by atoms with van der Waals surface area (Å²) in [4.78, 5) is 14.0. The van der Waals surface area contributed by atoms with Gasteiger partial charge in [-0.05, 0) is 37.0 Å². The lowest BCUT2D eigenvalue weighted by molar-refractivity contribution is -0.125. The highest BCUT2D eigenvalue weighted by Gasteiger charge is 2.24. The minimum Gasteiger partial charge on any atom is -0.371 e. The largest absolute Gasteiger partial charge is 0.371 e. The Morgan fingerprint density at radius 2 is 2.11 bits per heavy atom. The molecule has 0 aromatic heterocycles. The molecule has 0 spiro atoms. The van der Waals surface area contributed by atoms with Crippen molar-refractivity contribution in [1.82, 2.24) is 5.32 Å². The number of nitrogens with one attached hydrogen (secondary N) is 1. The Kier molecular flexibility index (Phi) is 4.43. The molecule has 0 saturated carbocycles. The van der Waals surface area contributed by atoms with Crippen molar-refractivity contribution in [3.63, 3.8) is 0 Å². The van der Waals surface area contributed by atoms with Crippen LogP contribution < -0.4 is 16.0 Å². The lowest BCUT2D eigenvalue weighted by Gasteiger charge is -2.33. The van der Waals surface area contributed by atoms with Crippen molar-refractivity contribution < 1.29 is 4.79 Å². The third-order valence-electron chi connectivity index (χ3n) is 3.95. The maximum absolute atomic E-state index is 11.6. The quantitative estimate of drug-likeness (QED) is 0.865. The predicted molar refractivity (Wildman–Crippen MR) is 78.1 cm³/mol. The Morgan fingerprint density at radius 1 is 1.42 bits per heavy atom. The minimum absolute atomic E-state index is 0.171. The van der Waals surface area contributed by atoms with E-state index >= 15 is 0 Å². The standard InChI is InChI=1S/C15H23N3O/c1-11-9-12(10-16)3-4-14(11)18-7-5-13(6-8-18)15(19)17-2/h3-4,9,13H,5-8,10,16H2,1-2H3,(H,17,19). The summed E-state index contributed by atoms with van der Waals surface area (Å²) in [7, 11) is 1.71. The molecule has 1 saturated heterocycles. The zero-order valence-electron chi connectivity index (χ0n) is 11.8. The van der Waals surface area contributed by atoms with Crippen LogP contribution in [0, 0.1) is 12.8 Å². The van der Waals surface area contributed by atoms with Gasteiger partial charge in [-0.15, -0.1) is 0 Å². The van der Waals surface area contributed by atoms with Crippen LogP contribution in [0.1, 0.15) is 24.0 Å². The highest BCUT2D eigenvalue weighted by Crippen LogP contribution is 2.26. The smallest absolute Gasteiger partial charge is 0.222 e. The van der Waals surface area contributed by atoms with Gasteiger partial charge in [0.25, 0.3) is 0 Å². The molecule has 104 valence electrons. The van der Waals surface area contributed by atoms with Crippen LogP contribution in [-0.2, 0) is 11.3 Å². The van der Waals surface area contributed by atoms with Crippen molar-refractivity contribution in [2.45, 2.75) is 26.3 Å². The maximum atomic E-state index is 11.6. The van der Waals surface area contributed by atoms with Crippen LogP contribution in [0.2, 0.25) is 0 Å². The first-order valence-electron chi connectivity index (χ1n) is 6.92. The average molecular weight is 261 g/mol. The van der Waals surface area contributed by atoms with Crippen LogP contribution in [0.3, 0.4) is 0 Å². The molecule has 0 aliphatic carbocycles. The second-order valence-electron chi connectivity index (χ2n) is 5.20. The molecule has 2 rings (SSSR count). The molecule has 19 heavy (non-hydrogen) atoms. The Labute approximate surface area is 115 Å². The molecule has 0 radical (unpaired) electrons. The Morgan fingerprint density at radius 3 is 2.63 bits per heavy atom. The normalized spacial score (nSPS) is 16.5. The summed E-state index contributed by atoms with van der Waals surface area (Å²) in [6.45, 7) is 4.60. The summed E-state index contributed by atoms with van der Waals surface area (Å²) in [5.74, 6) is 0.347. The van der Waals surface area contributed by atoms with Gasteiger partial charge in [0, 0.05) is 38.3 Å². The lowest BCUT2D eigenvalue weighted by atomic mass is 9.95. The summed E-state index contributed by atoms with van der Waals surface area (Å²) in [6.07, 6.45) is 1.86. The van der Waals surface area contributed by atoms with Crippen molar-refractivity contribution in [3.05, 3.63) is 29.3 Å². The Hall–Kier alpha value is -1.55. The van der Waals surface area contributed by atoms with Crippen LogP contribution in [-0.4, -0.2) is 26.0 Å². The van der Waals surface area contributed by atoms with Crippen molar-refractivity contribution in [1.29, 1.82) is 0 Å². The van der Waals surface area contributed by atoms with E-state index in [-0.39, 0.29) is 11.8 Å². The van der Waals surface area contributed by atoms with E-state index in [0.717, 1.165) is 25.9 Å². The first kappa shape index (κ1) is 13.9. The molecule has 1 aliphatic rings. The van der Waals surface area contributed by atoms with E-state index in [1.165, 1.54) is 16.8 Å². The first-order valence-corrected chi connectivity index (χ1v) is 6.92. The number of hydrogen-bond acceptors (Lipinski definition) is 3. The van der Waals surface area contributed by atoms with Gasteiger partial charge in [0.1, 0.15) is 0 Å². The van der Waals surface area contributed by atoms with Gasteiger partial charge < -0.3 is 16.0 Å². The fourth-order valence-electron chi connectivity index (χ4n) is 2.79. The van der Waals surface area contributed by atoms with E-state index in [1.54, 1.807) is 7.05 Å². The second-order valence-corrected chi connectivity index (χ2v) is 5.20. The third-order valence-corrected chi connectivity index (χ3v) is 3.95. The Balaban J connectivity index is 2.03. The number of hydrogen-bond donors (Lipinski definition) is 2. The molecule has 1 fully saturated rings. The number of carbonyl (C=O) groups excluding carboxylic acids is 1. The van der Waals surface area contributed by atoms with E-state index in [1.807, 2.05) is 0 Å². The van der Waals surface area contributed by atoms with Gasteiger partial charge in [-0.3, -0.25) is 4.79 Å². The number of nitrogens with two attached hydrogens (primary N) is 1. The van der Waals surface area contributed by atoms with Crippen molar-refractivity contribution >= 4 is 11.6 Å². The molecule has 0 bridgehead atoms. The third kappa shape index (κ3) is 3.07. The van der Waals surface area contributed by atoms with Gasteiger partial charge in [-0.2, -0.15) is 0 Å². The highest BCUT2D eigenvalue weighted by atomic mass is 16.1. The Bertz CT molecular complexity index is 451. The molecule has 1 amide bonds. The molecule has 1 aliphatic heterocycles. The van der Waals surface area contributed by atoms with Crippen molar-refractivity contribution in [2.75, 3.05) is 25.0 Å². The highest BCUT2D eigenvalue weighted by molar-refractivity contribution is 5.78. The van der Waals surface area contributed by atoms with Gasteiger partial charge in [0.15, 0.2) is 0 Å². The minimum atomic E-state index is 0.171. The number of amides is 1. The zero-order valence-corrected chi connectivity index (χ0v) is 11.8. The molecular formula is C15H23N3O. The molecular weight excluding hydrogens is 238 g/mol. The number of piperidine rings is 1. The molecule has 3 N–H and O–H groups in total. The average Bonchev–Trinajstić information content (AvgIpc) is 2.46. The van der Waals surface area contributed by atoms with E-state index in [4.69, 9.17) is 5.73 Å². The summed E-state index contributed by atoms with van der Waals surface area (Å²) in [5.41, 5.74) is 9.36. The molecule has 1 heterocycles. The number of aryl methyl sites for hydroxylation is 1. The number of carbonyl (C=O) groups is 1. The fraction of sp³-hybridized carbons (Fsp3) is 0.533. The van der Waals surface area contributed by atoms with Crippen LogP contribution in [0.15, 0.2) is 18.2 Å². The second kappa shape index (κ2) is 6.06. The molecule has 1 aromatic rings. The summed E-state index contributed by atoms with van der Waals surface area (Å²) >= 11 is 0. The number of benzene rings is 1. The summed E-state index contributed by atoms with van der Waals surface area (Å²) in [5, 5.41) is 2.74. The molecule has 4 heteroatoms. The summed E-state index contributed by atoms with van der Waals surface area (Å²) in [6, 6.07) is 6.39. The molecule has 4 nitrogen and oxygen atoms in total. The van der Waals surface area contributed by atoms with Crippen LogP contribution in [0.5, 0.6) is 0 Å². The first-order chi connectivity index (χ1) is 9.15. The zero-order chi connectivity index (χ0) is 13.8. The number of anilines is 1. The predicted octanol–water partition coefficient (Wildman–Crippen LogP) is 1.42. The SMILES string of the molecule is CNC(=O)C1CCN(c2ccc(CN)cc2C)CC1.